The van der Waals surface area contributed by atoms with E-state index in [-0.39, 0.29) is 30.4 Å². The predicted molar refractivity (Wildman–Crippen MR) is 64.0 cm³/mol. The molecule has 1 aliphatic rings. The minimum atomic E-state index is -0.215. The molecule has 0 unspecified atom stereocenters. The fourth-order valence-corrected chi connectivity index (χ4v) is 3.50. The third-order valence-corrected chi connectivity index (χ3v) is 4.49. The molecule has 70 valence electrons. The second kappa shape index (κ2) is 5.20. The van der Waals surface area contributed by atoms with Gasteiger partial charge >= 0.3 is 0 Å². The van der Waals surface area contributed by atoms with Gasteiger partial charge in [-0.2, -0.15) is 10.9 Å². The number of aryl methyl sites for hydroxylation is 1. The van der Waals surface area contributed by atoms with E-state index in [0.717, 1.165) is 4.90 Å². The van der Waals surface area contributed by atoms with Gasteiger partial charge in [0.15, 0.2) is 0 Å². The van der Waals surface area contributed by atoms with Crippen LogP contribution >= 0.6 is 23.5 Å². The van der Waals surface area contributed by atoms with Crippen molar-refractivity contribution >= 4 is 23.5 Å². The van der Waals surface area contributed by atoms with E-state index in [4.69, 9.17) is 0 Å². The maximum absolute atomic E-state index is 4.47. The monoisotopic (exact) mass is 272 g/mol. The first-order valence-electron chi connectivity index (χ1n) is 4.20. The zero-order valence-electron chi connectivity index (χ0n) is 8.14. The van der Waals surface area contributed by atoms with Crippen molar-refractivity contribution in [3.63, 3.8) is 0 Å². The molecule has 1 heterocycles. The van der Waals surface area contributed by atoms with Crippen LogP contribution < -0.4 is 0 Å². The molecule has 0 nitrogen and oxygen atoms in total. The Morgan fingerprint density at radius 2 is 1.79 bits per heavy atom. The van der Waals surface area contributed by atoms with Gasteiger partial charge in [0.1, 0.15) is 0 Å². The van der Waals surface area contributed by atoms with Crippen LogP contribution in [0.25, 0.3) is 0 Å². The van der Waals surface area contributed by atoms with Crippen molar-refractivity contribution in [1.82, 2.24) is 0 Å². The summed E-state index contributed by atoms with van der Waals surface area (Å²) in [4.78, 5) is 2.47. The van der Waals surface area contributed by atoms with E-state index < -0.39 is 0 Å². The zero-order valence-corrected chi connectivity index (χ0v) is 12.9. The van der Waals surface area contributed by atoms with Crippen molar-refractivity contribution in [2.75, 3.05) is 0 Å². The second-order valence-corrected chi connectivity index (χ2v) is 5.46. The van der Waals surface area contributed by atoms with Gasteiger partial charge in [0, 0.05) is 29.3 Å². The summed E-state index contributed by atoms with van der Waals surface area (Å²) in [5.74, 6) is 0. The molecule has 3 heteroatoms. The molecule has 0 spiro atoms. The number of benzene rings is 1. The number of allylic oxidation sites excluding steroid dienone is 2. The Morgan fingerprint density at radius 3 is 2.43 bits per heavy atom. The summed E-state index contributed by atoms with van der Waals surface area (Å²) in [6.07, 6.45) is 4.22. The average molecular weight is 274 g/mol. The van der Waals surface area contributed by atoms with E-state index in [2.05, 4.69) is 60.7 Å². The SMILES string of the molecule is Cc1ccc(S)c([SH]2C=CC=C2)c1.[Zn]. The van der Waals surface area contributed by atoms with Crippen LogP contribution in [0.2, 0.25) is 0 Å². The second-order valence-electron chi connectivity index (χ2n) is 3.08. The van der Waals surface area contributed by atoms with Crippen LogP contribution in [0.5, 0.6) is 0 Å². The average Bonchev–Trinajstić information content (AvgIpc) is 2.61. The molecule has 1 aromatic carbocycles. The summed E-state index contributed by atoms with van der Waals surface area (Å²) < 4.78 is 0. The predicted octanol–water partition coefficient (Wildman–Crippen LogP) is 3.68. The summed E-state index contributed by atoms with van der Waals surface area (Å²) in [5, 5.41) is 4.51. The van der Waals surface area contributed by atoms with Gasteiger partial charge in [0.2, 0.25) is 0 Å². The van der Waals surface area contributed by atoms with Crippen LogP contribution in [0.15, 0.2) is 51.0 Å². The Hall–Kier alpha value is 0.0234. The molecule has 0 saturated heterocycles. The first kappa shape index (κ1) is 12.1. The standard InChI is InChI=1S/C11H12S2.Zn/c1-9-4-5-10(12)11(8-9)13-6-2-3-7-13;/h2-8,12-13H,1H3;. The maximum Gasteiger partial charge on any atom is 0.0165 e. The van der Waals surface area contributed by atoms with Crippen LogP contribution in [0.4, 0.5) is 0 Å². The Bertz CT molecular complexity index is 371. The smallest absolute Gasteiger partial charge is 0.0165 e. The van der Waals surface area contributed by atoms with Crippen molar-refractivity contribution in [2.45, 2.75) is 16.7 Å². The molecule has 0 saturated carbocycles. The molecular weight excluding hydrogens is 262 g/mol. The minimum absolute atomic E-state index is 0. The van der Waals surface area contributed by atoms with Gasteiger partial charge in [-0.3, -0.25) is 0 Å². The molecule has 0 fully saturated rings. The fraction of sp³-hybridized carbons (Fsp3) is 0.0909. The molecule has 0 bridgehead atoms. The molecule has 0 radical (unpaired) electrons. The molecule has 0 aromatic heterocycles. The first-order valence-corrected chi connectivity index (χ1v) is 6.13. The zero-order chi connectivity index (χ0) is 9.26. The van der Waals surface area contributed by atoms with Crippen LogP contribution in [0.1, 0.15) is 5.56 Å². The van der Waals surface area contributed by atoms with Gasteiger partial charge < -0.3 is 0 Å². The number of hydrogen-bond acceptors (Lipinski definition) is 1. The number of thiol groups is 2. The van der Waals surface area contributed by atoms with Gasteiger partial charge in [-0.15, -0.1) is 12.6 Å². The summed E-state index contributed by atoms with van der Waals surface area (Å²) >= 11 is 4.47. The van der Waals surface area contributed by atoms with E-state index in [1.54, 1.807) is 0 Å². The van der Waals surface area contributed by atoms with Crippen molar-refractivity contribution < 1.29 is 19.5 Å². The Balaban J connectivity index is 0.000000980. The van der Waals surface area contributed by atoms with Crippen molar-refractivity contribution in [3.05, 3.63) is 46.7 Å². The van der Waals surface area contributed by atoms with Gasteiger partial charge in [-0.1, -0.05) is 18.2 Å². The summed E-state index contributed by atoms with van der Waals surface area (Å²) in [6, 6.07) is 6.41. The van der Waals surface area contributed by atoms with Gasteiger partial charge in [-0.05, 0) is 35.4 Å². The van der Waals surface area contributed by atoms with E-state index >= 15 is 0 Å². The fourth-order valence-electron chi connectivity index (χ4n) is 1.34. The molecule has 2 rings (SSSR count). The summed E-state index contributed by atoms with van der Waals surface area (Å²) in [7, 11) is -0.215. The van der Waals surface area contributed by atoms with Gasteiger partial charge in [0.25, 0.3) is 0 Å². The Morgan fingerprint density at radius 1 is 1.14 bits per heavy atom. The number of hydrogen-bond donors (Lipinski definition) is 2. The maximum atomic E-state index is 4.47. The molecule has 14 heavy (non-hydrogen) atoms. The van der Waals surface area contributed by atoms with Crippen LogP contribution in [0.3, 0.4) is 0 Å². The van der Waals surface area contributed by atoms with Crippen LogP contribution in [0, 0.1) is 6.92 Å². The topological polar surface area (TPSA) is 0 Å². The first-order chi connectivity index (χ1) is 6.27. The molecule has 0 amide bonds. The summed E-state index contributed by atoms with van der Waals surface area (Å²) in [6.45, 7) is 2.12. The quantitative estimate of drug-likeness (QED) is 0.566. The number of rotatable bonds is 1. The molecule has 0 N–H and O–H groups in total. The van der Waals surface area contributed by atoms with E-state index in [0.29, 0.717) is 0 Å². The van der Waals surface area contributed by atoms with Crippen molar-refractivity contribution in [2.24, 2.45) is 0 Å². The molecular formula is C11H12S2Zn. The van der Waals surface area contributed by atoms with Crippen LogP contribution in [-0.2, 0) is 19.5 Å². The van der Waals surface area contributed by atoms with E-state index in [1.807, 2.05) is 0 Å². The minimum Gasteiger partial charge on any atom is -0.185 e. The van der Waals surface area contributed by atoms with Gasteiger partial charge in [0.05, 0.1) is 0 Å². The summed E-state index contributed by atoms with van der Waals surface area (Å²) in [5.41, 5.74) is 1.31. The Kier molecular flexibility index (Phi) is 4.49. The van der Waals surface area contributed by atoms with Crippen molar-refractivity contribution in [3.8, 4) is 0 Å². The largest absolute Gasteiger partial charge is 0.185 e. The van der Waals surface area contributed by atoms with E-state index in [1.165, 1.54) is 10.5 Å². The molecule has 1 aliphatic heterocycles. The normalized spacial score (nSPS) is 15.7. The molecule has 0 atom stereocenters. The molecule has 0 aliphatic carbocycles. The van der Waals surface area contributed by atoms with Gasteiger partial charge in [-0.25, -0.2) is 0 Å². The third kappa shape index (κ3) is 2.53. The molecule has 1 aromatic rings. The van der Waals surface area contributed by atoms with E-state index in [9.17, 15) is 0 Å². The van der Waals surface area contributed by atoms with Crippen molar-refractivity contribution in [1.29, 1.82) is 0 Å². The Labute approximate surface area is 106 Å². The van der Waals surface area contributed by atoms with Crippen LogP contribution in [-0.4, -0.2) is 0 Å². The third-order valence-electron chi connectivity index (χ3n) is 2.01.